The molecular formula is C14H14FN3O. The van der Waals surface area contributed by atoms with E-state index >= 15 is 0 Å². The molecule has 0 atom stereocenters. The molecule has 0 radical (unpaired) electrons. The topological polar surface area (TPSA) is 81.1 Å². The zero-order chi connectivity index (χ0) is 14.0. The molecular weight excluding hydrogens is 245 g/mol. The molecule has 0 saturated heterocycles. The van der Waals surface area contributed by atoms with Crippen LogP contribution in [0.15, 0.2) is 36.4 Å². The van der Waals surface area contributed by atoms with Crippen LogP contribution >= 0.6 is 0 Å². The molecule has 0 fully saturated rings. The lowest BCUT2D eigenvalue weighted by Gasteiger charge is -2.10. The summed E-state index contributed by atoms with van der Waals surface area (Å²) in [6.45, 7) is 1.68. The number of nitrogens with one attached hydrogen (secondary N) is 1. The maximum atomic E-state index is 13.2. The molecule has 98 valence electrons. The van der Waals surface area contributed by atoms with Gasteiger partial charge in [0, 0.05) is 17.1 Å². The Balaban J connectivity index is 2.30. The second-order valence-electron chi connectivity index (χ2n) is 4.26. The number of amides is 1. The predicted octanol–water partition coefficient (Wildman–Crippen LogP) is 2.56. The lowest BCUT2D eigenvalue weighted by molar-refractivity contribution is 0.100. The van der Waals surface area contributed by atoms with Gasteiger partial charge in [-0.05, 0) is 48.9 Å². The van der Waals surface area contributed by atoms with Gasteiger partial charge in [0.05, 0.1) is 5.56 Å². The first-order valence-electron chi connectivity index (χ1n) is 5.70. The smallest absolute Gasteiger partial charge is 0.250 e. The maximum Gasteiger partial charge on any atom is 0.250 e. The summed E-state index contributed by atoms with van der Waals surface area (Å²) in [6, 6.07) is 9.55. The van der Waals surface area contributed by atoms with Crippen LogP contribution in [-0.4, -0.2) is 5.91 Å². The van der Waals surface area contributed by atoms with Crippen molar-refractivity contribution in [2.24, 2.45) is 5.73 Å². The molecule has 5 heteroatoms. The molecule has 0 aliphatic heterocycles. The van der Waals surface area contributed by atoms with E-state index in [-0.39, 0.29) is 11.4 Å². The van der Waals surface area contributed by atoms with Crippen LogP contribution in [0.4, 0.5) is 21.5 Å². The molecule has 0 heterocycles. The third-order valence-electron chi connectivity index (χ3n) is 2.77. The van der Waals surface area contributed by atoms with Crippen molar-refractivity contribution in [1.82, 2.24) is 0 Å². The quantitative estimate of drug-likeness (QED) is 0.741. The van der Waals surface area contributed by atoms with Crippen molar-refractivity contribution in [3.63, 3.8) is 0 Å². The van der Waals surface area contributed by atoms with Crippen molar-refractivity contribution in [3.05, 3.63) is 53.3 Å². The highest BCUT2D eigenvalue weighted by atomic mass is 19.1. The fraction of sp³-hybridized carbons (Fsp3) is 0.0714. The molecule has 1 amide bonds. The van der Waals surface area contributed by atoms with E-state index in [9.17, 15) is 9.18 Å². The Hall–Kier alpha value is -2.56. The van der Waals surface area contributed by atoms with E-state index in [4.69, 9.17) is 11.5 Å². The number of hydrogen-bond acceptors (Lipinski definition) is 3. The van der Waals surface area contributed by atoms with E-state index in [1.165, 1.54) is 6.07 Å². The molecule has 0 bridgehead atoms. The molecule has 0 unspecified atom stereocenters. The summed E-state index contributed by atoms with van der Waals surface area (Å²) in [4.78, 5) is 11.2. The number of carbonyl (C=O) groups is 1. The van der Waals surface area contributed by atoms with Gasteiger partial charge in [-0.15, -0.1) is 0 Å². The number of hydrogen-bond donors (Lipinski definition) is 3. The average molecular weight is 259 g/mol. The third-order valence-corrected chi connectivity index (χ3v) is 2.77. The lowest BCUT2D eigenvalue weighted by atomic mass is 10.1. The van der Waals surface area contributed by atoms with Crippen LogP contribution in [-0.2, 0) is 0 Å². The summed E-state index contributed by atoms with van der Waals surface area (Å²) >= 11 is 0. The number of nitrogens with two attached hydrogens (primary N) is 2. The summed E-state index contributed by atoms with van der Waals surface area (Å²) in [6.07, 6.45) is 0. The molecule has 19 heavy (non-hydrogen) atoms. The Bertz CT molecular complexity index is 641. The molecule has 2 aromatic carbocycles. The Morgan fingerprint density at radius 2 is 1.79 bits per heavy atom. The number of benzene rings is 2. The number of primary amides is 1. The molecule has 0 saturated carbocycles. The van der Waals surface area contributed by atoms with Gasteiger partial charge < -0.3 is 16.8 Å². The number of halogens is 1. The lowest BCUT2D eigenvalue weighted by Crippen LogP contribution is -2.13. The number of rotatable bonds is 3. The first-order chi connectivity index (χ1) is 8.97. The molecule has 2 aromatic rings. The standard InChI is InChI=1S/C14H14FN3O/c1-8-6-9(2-4-12(8)15)18-10-3-5-13(16)11(7-10)14(17)19/h2-7,18H,16H2,1H3,(H2,17,19). The largest absolute Gasteiger partial charge is 0.398 e. The summed E-state index contributed by atoms with van der Waals surface area (Å²) < 4.78 is 13.2. The first-order valence-corrected chi connectivity index (χ1v) is 5.70. The fourth-order valence-electron chi connectivity index (χ4n) is 1.74. The van der Waals surface area contributed by atoms with Gasteiger partial charge >= 0.3 is 0 Å². The highest BCUT2D eigenvalue weighted by Crippen LogP contribution is 2.22. The SMILES string of the molecule is Cc1cc(Nc2ccc(N)c(C(N)=O)c2)ccc1F. The molecule has 0 aliphatic rings. The van der Waals surface area contributed by atoms with E-state index in [0.29, 0.717) is 16.9 Å². The van der Waals surface area contributed by atoms with Crippen molar-refractivity contribution < 1.29 is 9.18 Å². The molecule has 5 N–H and O–H groups in total. The summed E-state index contributed by atoms with van der Waals surface area (Å²) in [7, 11) is 0. The summed E-state index contributed by atoms with van der Waals surface area (Å²) in [5.74, 6) is -0.850. The first kappa shape index (κ1) is 12.9. The third kappa shape index (κ3) is 2.82. The highest BCUT2D eigenvalue weighted by Gasteiger charge is 2.07. The van der Waals surface area contributed by atoms with Gasteiger partial charge in [0.1, 0.15) is 5.82 Å². The van der Waals surface area contributed by atoms with Crippen molar-refractivity contribution in [2.45, 2.75) is 6.92 Å². The minimum atomic E-state index is -0.587. The second-order valence-corrected chi connectivity index (χ2v) is 4.26. The van der Waals surface area contributed by atoms with E-state index < -0.39 is 5.91 Å². The van der Waals surface area contributed by atoms with Crippen LogP contribution in [0.5, 0.6) is 0 Å². The monoisotopic (exact) mass is 259 g/mol. The Morgan fingerprint density at radius 3 is 2.42 bits per heavy atom. The maximum absolute atomic E-state index is 13.2. The Morgan fingerprint density at radius 1 is 1.16 bits per heavy atom. The van der Waals surface area contributed by atoms with Gasteiger partial charge in [-0.25, -0.2) is 4.39 Å². The van der Waals surface area contributed by atoms with Crippen LogP contribution in [0.1, 0.15) is 15.9 Å². The molecule has 0 aliphatic carbocycles. The van der Waals surface area contributed by atoms with E-state index in [1.807, 2.05) is 0 Å². The number of aryl methyl sites for hydroxylation is 1. The van der Waals surface area contributed by atoms with Crippen LogP contribution in [0.2, 0.25) is 0 Å². The van der Waals surface area contributed by atoms with Gasteiger partial charge in [-0.1, -0.05) is 0 Å². The van der Waals surface area contributed by atoms with Crippen LogP contribution in [0, 0.1) is 12.7 Å². The van der Waals surface area contributed by atoms with Gasteiger partial charge in [-0.2, -0.15) is 0 Å². The molecule has 2 rings (SSSR count). The van der Waals surface area contributed by atoms with Crippen molar-refractivity contribution in [1.29, 1.82) is 0 Å². The van der Waals surface area contributed by atoms with Crippen molar-refractivity contribution >= 4 is 23.0 Å². The van der Waals surface area contributed by atoms with Gasteiger partial charge in [-0.3, -0.25) is 4.79 Å². The minimum Gasteiger partial charge on any atom is -0.398 e. The molecule has 4 nitrogen and oxygen atoms in total. The Kier molecular flexibility index (Phi) is 3.37. The summed E-state index contributed by atoms with van der Waals surface area (Å²) in [5.41, 5.74) is 13.4. The number of nitrogen functional groups attached to an aromatic ring is 1. The van der Waals surface area contributed by atoms with Gasteiger partial charge in [0.2, 0.25) is 0 Å². The van der Waals surface area contributed by atoms with Crippen LogP contribution in [0.25, 0.3) is 0 Å². The van der Waals surface area contributed by atoms with E-state index in [0.717, 1.165) is 5.69 Å². The summed E-state index contributed by atoms with van der Waals surface area (Å²) in [5, 5.41) is 3.06. The van der Waals surface area contributed by atoms with E-state index in [2.05, 4.69) is 5.32 Å². The zero-order valence-corrected chi connectivity index (χ0v) is 10.4. The highest BCUT2D eigenvalue weighted by molar-refractivity contribution is 5.99. The number of carbonyl (C=O) groups excluding carboxylic acids is 1. The van der Waals surface area contributed by atoms with Gasteiger partial charge in [0.15, 0.2) is 0 Å². The molecule has 0 aromatic heterocycles. The minimum absolute atomic E-state index is 0.254. The Labute approximate surface area is 110 Å². The predicted molar refractivity (Wildman–Crippen MR) is 73.8 cm³/mol. The second kappa shape index (κ2) is 4.97. The molecule has 0 spiro atoms. The average Bonchev–Trinajstić information content (AvgIpc) is 2.36. The zero-order valence-electron chi connectivity index (χ0n) is 10.4. The van der Waals surface area contributed by atoms with E-state index in [1.54, 1.807) is 37.3 Å². The number of anilines is 3. The fourth-order valence-corrected chi connectivity index (χ4v) is 1.74. The van der Waals surface area contributed by atoms with Crippen LogP contribution < -0.4 is 16.8 Å². The van der Waals surface area contributed by atoms with Gasteiger partial charge in [0.25, 0.3) is 5.91 Å². The van der Waals surface area contributed by atoms with Crippen molar-refractivity contribution in [2.75, 3.05) is 11.1 Å². The van der Waals surface area contributed by atoms with Crippen molar-refractivity contribution in [3.8, 4) is 0 Å². The van der Waals surface area contributed by atoms with Crippen LogP contribution in [0.3, 0.4) is 0 Å². The normalized spacial score (nSPS) is 10.2.